The number of carbonyl (C=O) groups is 2. The maximum Gasteiger partial charge on any atom is 0.333 e. The number of hydrogen-bond donors (Lipinski definition) is 4. The van der Waals surface area contributed by atoms with Crippen LogP contribution in [0.4, 0.5) is 10.5 Å². The summed E-state index contributed by atoms with van der Waals surface area (Å²) in [7, 11) is 2.06. The molecule has 2 saturated heterocycles. The van der Waals surface area contributed by atoms with Crippen LogP contribution in [-0.4, -0.2) is 107 Å². The lowest BCUT2D eigenvalue weighted by Gasteiger charge is -2.32. The molecule has 3 heterocycles. The standard InChI is InChI=1S/C29H35N7O4.3ClH/c1-34-12-14-36(15-13-34)33-29(39)30-23-6-2-5-22-24(23)28(38)25-26(31-32-27(22)25)19-7-9-21(10-8-19)40-17-16-35-11-3-4-20(35)18-37;;;/h2,5-10,20,37H,3-4,11-18H2,1H3,(H,31,32)(H2,30,33,39);3*1H/t20-;;;/m0.../s1. The number of halogens is 3. The SMILES string of the molecule is CN1CCN(NC(=O)Nc2cccc3c2C(=O)c2c(-c4ccc(OCCN5CCC[C@H]5CO)cc4)n[nH]c2-3)CC1.Cl.Cl.Cl. The van der Waals surface area contributed by atoms with E-state index in [2.05, 4.69) is 37.8 Å². The summed E-state index contributed by atoms with van der Waals surface area (Å²) in [5.74, 6) is 0.566. The zero-order valence-electron chi connectivity index (χ0n) is 23.9. The Labute approximate surface area is 269 Å². The van der Waals surface area contributed by atoms with Gasteiger partial charge in [0.1, 0.15) is 18.1 Å². The molecular formula is C29H38Cl3N7O4. The number of nitrogens with zero attached hydrogens (tertiary/aromatic N) is 4. The maximum atomic E-state index is 13.7. The highest BCUT2D eigenvalue weighted by Gasteiger charge is 2.35. The van der Waals surface area contributed by atoms with Gasteiger partial charge in [-0.05, 0) is 56.8 Å². The molecule has 4 N–H and O–H groups in total. The number of urea groups is 1. The molecule has 1 aliphatic carbocycles. The molecule has 0 spiro atoms. The van der Waals surface area contributed by atoms with Crippen LogP contribution in [0.5, 0.6) is 5.75 Å². The zero-order valence-corrected chi connectivity index (χ0v) is 26.3. The van der Waals surface area contributed by atoms with Crippen LogP contribution in [0.25, 0.3) is 22.5 Å². The highest BCUT2D eigenvalue weighted by atomic mass is 35.5. The van der Waals surface area contributed by atoms with Crippen LogP contribution >= 0.6 is 37.2 Å². The van der Waals surface area contributed by atoms with Gasteiger partial charge in [-0.1, -0.05) is 12.1 Å². The number of aliphatic hydroxyl groups is 1. The van der Waals surface area contributed by atoms with Crippen molar-refractivity contribution in [2.24, 2.45) is 0 Å². The third-order valence-corrected chi connectivity index (χ3v) is 8.05. The number of anilines is 1. The molecule has 0 bridgehead atoms. The number of ether oxygens (including phenoxy) is 1. The van der Waals surface area contributed by atoms with E-state index in [9.17, 15) is 14.7 Å². The second-order valence-electron chi connectivity index (χ2n) is 10.6. The largest absolute Gasteiger partial charge is 0.492 e. The van der Waals surface area contributed by atoms with Crippen molar-refractivity contribution >= 4 is 54.7 Å². The van der Waals surface area contributed by atoms with Crippen molar-refractivity contribution < 1.29 is 19.4 Å². The number of amides is 2. The Morgan fingerprint density at radius 2 is 1.79 bits per heavy atom. The zero-order chi connectivity index (χ0) is 27.6. The number of H-pyrrole nitrogens is 1. The number of fused-ring (bicyclic) bond motifs is 3. The molecule has 6 rings (SSSR count). The Morgan fingerprint density at radius 1 is 1.05 bits per heavy atom. The van der Waals surface area contributed by atoms with Gasteiger partial charge in [0.15, 0.2) is 5.78 Å². The summed E-state index contributed by atoms with van der Waals surface area (Å²) in [4.78, 5) is 30.9. The van der Waals surface area contributed by atoms with Gasteiger partial charge in [-0.2, -0.15) is 5.10 Å². The lowest BCUT2D eigenvalue weighted by Crippen LogP contribution is -2.53. The van der Waals surface area contributed by atoms with Gasteiger partial charge in [-0.25, -0.2) is 9.80 Å². The topological polar surface area (TPSA) is 126 Å². The van der Waals surface area contributed by atoms with Gasteiger partial charge in [-0.15, -0.1) is 37.2 Å². The molecule has 0 saturated carbocycles. The number of aliphatic hydroxyl groups excluding tert-OH is 1. The van der Waals surface area contributed by atoms with Crippen LogP contribution in [0.2, 0.25) is 0 Å². The van der Waals surface area contributed by atoms with Gasteiger partial charge in [0, 0.05) is 49.9 Å². The molecule has 2 fully saturated rings. The van der Waals surface area contributed by atoms with Crippen molar-refractivity contribution in [2.45, 2.75) is 18.9 Å². The average Bonchev–Trinajstić information content (AvgIpc) is 3.67. The van der Waals surface area contributed by atoms with Crippen molar-refractivity contribution in [3.63, 3.8) is 0 Å². The van der Waals surface area contributed by atoms with E-state index in [0.29, 0.717) is 34.8 Å². The summed E-state index contributed by atoms with van der Waals surface area (Å²) >= 11 is 0. The van der Waals surface area contributed by atoms with E-state index in [1.807, 2.05) is 41.4 Å². The summed E-state index contributed by atoms with van der Waals surface area (Å²) in [5, 5.41) is 21.8. The fourth-order valence-corrected chi connectivity index (χ4v) is 5.80. The van der Waals surface area contributed by atoms with Crippen LogP contribution in [0.1, 0.15) is 28.8 Å². The Hall–Kier alpha value is -2.90. The second-order valence-corrected chi connectivity index (χ2v) is 10.6. The van der Waals surface area contributed by atoms with Crippen LogP contribution in [0.15, 0.2) is 42.5 Å². The van der Waals surface area contributed by atoms with E-state index >= 15 is 0 Å². The van der Waals surface area contributed by atoms with E-state index in [1.54, 1.807) is 6.07 Å². The fraction of sp³-hybridized carbons (Fsp3) is 0.414. The van der Waals surface area contributed by atoms with E-state index in [4.69, 9.17) is 4.74 Å². The minimum Gasteiger partial charge on any atom is -0.492 e. The van der Waals surface area contributed by atoms with E-state index < -0.39 is 0 Å². The van der Waals surface area contributed by atoms with E-state index in [1.165, 1.54) is 0 Å². The molecule has 234 valence electrons. The molecule has 0 unspecified atom stereocenters. The normalized spacial score (nSPS) is 18.1. The number of likely N-dealkylation sites (N-methyl/N-ethyl adjacent to an activating group) is 1. The number of nitrogens with one attached hydrogen (secondary N) is 3. The molecule has 3 aliphatic rings. The molecule has 43 heavy (non-hydrogen) atoms. The fourth-order valence-electron chi connectivity index (χ4n) is 5.80. The molecule has 14 heteroatoms. The summed E-state index contributed by atoms with van der Waals surface area (Å²) in [6.07, 6.45) is 2.14. The van der Waals surface area contributed by atoms with Crippen molar-refractivity contribution in [3.05, 3.63) is 53.6 Å². The minimum atomic E-state index is -0.369. The number of hydrogen-bond acceptors (Lipinski definition) is 8. The van der Waals surface area contributed by atoms with Gasteiger partial charge < -0.3 is 20.1 Å². The minimum absolute atomic E-state index is 0. The first kappa shape index (κ1) is 34.6. The molecule has 1 aromatic heterocycles. The Balaban J connectivity index is 0.00000169. The second kappa shape index (κ2) is 15.2. The molecule has 2 aromatic carbocycles. The summed E-state index contributed by atoms with van der Waals surface area (Å²) < 4.78 is 5.94. The first-order chi connectivity index (χ1) is 19.5. The van der Waals surface area contributed by atoms with Crippen LogP contribution in [0.3, 0.4) is 0 Å². The lowest BCUT2D eigenvalue weighted by atomic mass is 10.0. The smallest absolute Gasteiger partial charge is 0.333 e. The molecule has 11 nitrogen and oxygen atoms in total. The number of carbonyl (C=O) groups excluding carboxylic acids is 2. The molecule has 1 atom stereocenters. The molecule has 3 aromatic rings. The van der Waals surface area contributed by atoms with Crippen molar-refractivity contribution in [2.75, 3.05) is 64.8 Å². The molecular weight excluding hydrogens is 617 g/mol. The number of aromatic nitrogens is 2. The number of rotatable bonds is 8. The number of benzene rings is 2. The van der Waals surface area contributed by atoms with Gasteiger partial charge in [0.2, 0.25) is 0 Å². The Kier molecular flexibility index (Phi) is 12.2. The number of hydrazine groups is 1. The van der Waals surface area contributed by atoms with Gasteiger partial charge in [0.05, 0.1) is 29.1 Å². The summed E-state index contributed by atoms with van der Waals surface area (Å²) in [6.45, 7) is 5.72. The quantitative estimate of drug-likeness (QED) is 0.227. The molecule has 0 radical (unpaired) electrons. The van der Waals surface area contributed by atoms with Crippen LogP contribution < -0.4 is 15.5 Å². The monoisotopic (exact) mass is 653 g/mol. The molecule has 2 amide bonds. The number of ketones is 1. The van der Waals surface area contributed by atoms with E-state index in [0.717, 1.165) is 69.0 Å². The number of piperazine rings is 1. The highest BCUT2D eigenvalue weighted by Crippen LogP contribution is 2.43. The Morgan fingerprint density at radius 3 is 2.51 bits per heavy atom. The molecule has 2 aliphatic heterocycles. The van der Waals surface area contributed by atoms with Crippen LogP contribution in [0, 0.1) is 0 Å². The maximum absolute atomic E-state index is 13.7. The number of likely N-dealkylation sites (tertiary alicyclic amines) is 1. The summed E-state index contributed by atoms with van der Waals surface area (Å²) in [6, 6.07) is 12.9. The summed E-state index contributed by atoms with van der Waals surface area (Å²) in [5.41, 5.74) is 7.06. The highest BCUT2D eigenvalue weighted by molar-refractivity contribution is 6.26. The van der Waals surface area contributed by atoms with Gasteiger partial charge >= 0.3 is 6.03 Å². The Bertz CT molecular complexity index is 1400. The predicted octanol–water partition coefficient (Wildman–Crippen LogP) is 3.67. The lowest BCUT2D eigenvalue weighted by molar-refractivity contribution is 0.104. The average molecular weight is 655 g/mol. The third kappa shape index (κ3) is 7.26. The number of aromatic amines is 1. The van der Waals surface area contributed by atoms with Crippen LogP contribution in [-0.2, 0) is 0 Å². The first-order valence-electron chi connectivity index (χ1n) is 13.9. The first-order valence-corrected chi connectivity index (χ1v) is 13.9. The van der Waals surface area contributed by atoms with Crippen molar-refractivity contribution in [1.82, 2.24) is 30.4 Å². The van der Waals surface area contributed by atoms with Crippen molar-refractivity contribution in [1.29, 1.82) is 0 Å². The van der Waals surface area contributed by atoms with E-state index in [-0.39, 0.29) is 61.7 Å². The van der Waals surface area contributed by atoms with Crippen molar-refractivity contribution in [3.8, 4) is 28.3 Å². The third-order valence-electron chi connectivity index (χ3n) is 8.05. The predicted molar refractivity (Wildman–Crippen MR) is 173 cm³/mol. The van der Waals surface area contributed by atoms with Gasteiger partial charge in [-0.3, -0.25) is 20.2 Å². The van der Waals surface area contributed by atoms with Gasteiger partial charge in [0.25, 0.3) is 0 Å².